The number of carbonyl (C=O) groups excluding carboxylic acids is 1. The highest BCUT2D eigenvalue weighted by Crippen LogP contribution is 2.42. The van der Waals surface area contributed by atoms with Crippen LogP contribution in [0.1, 0.15) is 43.9 Å². The molecular weight excluding hydrogens is 395 g/mol. The Balaban J connectivity index is 2.18. The first-order valence-electron chi connectivity index (χ1n) is 9.30. The molecule has 146 valence electrons. The van der Waals surface area contributed by atoms with Crippen LogP contribution in [0, 0.1) is 17.2 Å². The lowest BCUT2D eigenvalue weighted by Gasteiger charge is -2.26. The van der Waals surface area contributed by atoms with Crippen molar-refractivity contribution in [3.8, 4) is 6.07 Å². The molecule has 2 aromatic rings. The van der Waals surface area contributed by atoms with E-state index in [0.717, 1.165) is 16.8 Å². The Labute approximate surface area is 175 Å². The molecule has 2 unspecified atom stereocenters. The van der Waals surface area contributed by atoms with Gasteiger partial charge in [-0.3, -0.25) is 4.79 Å². The first kappa shape index (κ1) is 20.7. The van der Waals surface area contributed by atoms with Crippen LogP contribution >= 0.6 is 23.2 Å². The molecule has 1 amide bonds. The van der Waals surface area contributed by atoms with Crippen molar-refractivity contribution in [2.75, 3.05) is 11.4 Å². The van der Waals surface area contributed by atoms with Gasteiger partial charge in [-0.15, -0.1) is 0 Å². The molecule has 28 heavy (non-hydrogen) atoms. The number of carbonyl (C=O) groups is 1. The molecule has 0 aromatic heterocycles. The number of anilines is 1. The van der Waals surface area contributed by atoms with Crippen molar-refractivity contribution in [3.05, 3.63) is 63.6 Å². The van der Waals surface area contributed by atoms with Gasteiger partial charge in [-0.1, -0.05) is 55.2 Å². The molecule has 1 aliphatic rings. The lowest BCUT2D eigenvalue weighted by atomic mass is 9.99. The van der Waals surface area contributed by atoms with Gasteiger partial charge in [-0.05, 0) is 36.6 Å². The summed E-state index contributed by atoms with van der Waals surface area (Å²) in [5.41, 5.74) is 2.34. The van der Waals surface area contributed by atoms with E-state index in [1.165, 1.54) is 0 Å². The smallest absolute Gasteiger partial charge is 0.256 e. The second kappa shape index (κ2) is 8.96. The van der Waals surface area contributed by atoms with Crippen LogP contribution in [0.4, 0.5) is 5.69 Å². The number of hydrogen-bond acceptors (Lipinski definition) is 3. The Kier molecular flexibility index (Phi) is 6.61. The van der Waals surface area contributed by atoms with Gasteiger partial charge in [0.25, 0.3) is 5.91 Å². The third-order valence-electron chi connectivity index (χ3n) is 4.66. The van der Waals surface area contributed by atoms with Crippen molar-refractivity contribution in [1.29, 1.82) is 5.26 Å². The minimum Gasteiger partial charge on any atom is -0.356 e. The highest BCUT2D eigenvalue weighted by molar-refractivity contribution is 6.31. The summed E-state index contributed by atoms with van der Waals surface area (Å²) in [4.78, 5) is 15.1. The standard InChI is InChI=1S/C22H22Cl2N2O2/c1-14(2)13-26-19-10-9-15(23)12-17(19)21(16-6-3-4-7-18(16)24)28-20(22(26)27)8-5-11-25/h3-4,6-7,9-10,12,14,20-21H,5,8,13H2,1-2H3. The number of fused-ring (bicyclic) bond motifs is 1. The van der Waals surface area contributed by atoms with E-state index < -0.39 is 12.2 Å². The average Bonchev–Trinajstić information content (AvgIpc) is 2.76. The molecule has 0 N–H and O–H groups in total. The van der Waals surface area contributed by atoms with Crippen LogP contribution in [-0.4, -0.2) is 18.6 Å². The Hall–Kier alpha value is -2.06. The SMILES string of the molecule is CC(C)CN1C(=O)C(CCC#N)OC(c2ccccc2Cl)c2cc(Cl)ccc21. The Bertz CT molecular complexity index is 908. The van der Waals surface area contributed by atoms with Gasteiger partial charge in [0.1, 0.15) is 12.2 Å². The van der Waals surface area contributed by atoms with Crippen LogP contribution in [-0.2, 0) is 9.53 Å². The summed E-state index contributed by atoms with van der Waals surface area (Å²) in [6.07, 6.45) is -0.719. The van der Waals surface area contributed by atoms with Crippen molar-refractivity contribution in [2.24, 2.45) is 5.92 Å². The highest BCUT2D eigenvalue weighted by Gasteiger charge is 2.37. The Morgan fingerprint density at radius 2 is 1.93 bits per heavy atom. The molecule has 3 rings (SSSR count). The number of nitriles is 1. The maximum Gasteiger partial charge on any atom is 0.256 e. The maximum atomic E-state index is 13.3. The fourth-order valence-corrected chi connectivity index (χ4v) is 3.85. The zero-order chi connectivity index (χ0) is 20.3. The lowest BCUT2D eigenvalue weighted by Crippen LogP contribution is -2.41. The second-order valence-corrected chi connectivity index (χ2v) is 8.11. The summed E-state index contributed by atoms with van der Waals surface area (Å²) in [5.74, 6) is 0.128. The van der Waals surface area contributed by atoms with E-state index in [9.17, 15) is 4.79 Å². The van der Waals surface area contributed by atoms with Crippen molar-refractivity contribution in [2.45, 2.75) is 38.9 Å². The van der Waals surface area contributed by atoms with Crippen molar-refractivity contribution < 1.29 is 9.53 Å². The van der Waals surface area contributed by atoms with Gasteiger partial charge in [0.15, 0.2) is 0 Å². The van der Waals surface area contributed by atoms with Gasteiger partial charge >= 0.3 is 0 Å². The molecular formula is C22H22Cl2N2O2. The van der Waals surface area contributed by atoms with Crippen LogP contribution in [0.25, 0.3) is 0 Å². The minimum atomic E-state index is -0.731. The van der Waals surface area contributed by atoms with E-state index in [-0.39, 0.29) is 18.2 Å². The largest absolute Gasteiger partial charge is 0.356 e. The monoisotopic (exact) mass is 416 g/mol. The first-order chi connectivity index (χ1) is 13.4. The lowest BCUT2D eigenvalue weighted by molar-refractivity contribution is -0.132. The van der Waals surface area contributed by atoms with E-state index in [2.05, 4.69) is 19.9 Å². The molecule has 1 heterocycles. The van der Waals surface area contributed by atoms with Gasteiger partial charge in [-0.2, -0.15) is 5.26 Å². The van der Waals surface area contributed by atoms with Crippen molar-refractivity contribution in [1.82, 2.24) is 0 Å². The third-order valence-corrected chi connectivity index (χ3v) is 5.24. The summed E-state index contributed by atoms with van der Waals surface area (Å²) in [6, 6.07) is 15.0. The minimum absolute atomic E-state index is 0.137. The molecule has 2 atom stereocenters. The van der Waals surface area contributed by atoms with Crippen molar-refractivity contribution in [3.63, 3.8) is 0 Å². The molecule has 0 saturated carbocycles. The van der Waals surface area contributed by atoms with Crippen LogP contribution in [0.3, 0.4) is 0 Å². The number of ether oxygens (including phenoxy) is 1. The number of amides is 1. The average molecular weight is 417 g/mol. The number of benzene rings is 2. The fraction of sp³-hybridized carbons (Fsp3) is 0.364. The molecule has 6 heteroatoms. The summed E-state index contributed by atoms with van der Waals surface area (Å²) in [5, 5.41) is 10.2. The predicted octanol–water partition coefficient (Wildman–Crippen LogP) is 5.77. The quantitative estimate of drug-likeness (QED) is 0.620. The molecule has 2 aromatic carbocycles. The summed E-state index contributed by atoms with van der Waals surface area (Å²) in [6.45, 7) is 4.67. The summed E-state index contributed by atoms with van der Waals surface area (Å²) < 4.78 is 6.30. The van der Waals surface area contributed by atoms with Gasteiger partial charge in [0.05, 0.1) is 6.07 Å². The summed E-state index contributed by atoms with van der Waals surface area (Å²) in [7, 11) is 0. The third kappa shape index (κ3) is 4.33. The Morgan fingerprint density at radius 1 is 1.18 bits per heavy atom. The van der Waals surface area contributed by atoms with E-state index in [4.69, 9.17) is 33.2 Å². The van der Waals surface area contributed by atoms with Gasteiger partial charge in [0.2, 0.25) is 0 Å². The molecule has 0 saturated heterocycles. The molecule has 4 nitrogen and oxygen atoms in total. The van der Waals surface area contributed by atoms with Gasteiger partial charge in [-0.25, -0.2) is 0 Å². The van der Waals surface area contributed by atoms with Crippen molar-refractivity contribution >= 4 is 34.8 Å². The number of halogens is 2. The van der Waals surface area contributed by atoms with E-state index in [1.807, 2.05) is 30.3 Å². The zero-order valence-corrected chi connectivity index (χ0v) is 17.4. The van der Waals surface area contributed by atoms with Gasteiger partial charge in [0, 0.05) is 39.8 Å². The van der Waals surface area contributed by atoms with E-state index >= 15 is 0 Å². The van der Waals surface area contributed by atoms with E-state index in [1.54, 1.807) is 17.0 Å². The van der Waals surface area contributed by atoms with Crippen LogP contribution in [0.5, 0.6) is 0 Å². The number of hydrogen-bond donors (Lipinski definition) is 0. The molecule has 0 bridgehead atoms. The molecule has 0 aliphatic carbocycles. The maximum absolute atomic E-state index is 13.3. The Morgan fingerprint density at radius 3 is 2.61 bits per heavy atom. The molecule has 0 radical (unpaired) electrons. The first-order valence-corrected chi connectivity index (χ1v) is 10.1. The van der Waals surface area contributed by atoms with Gasteiger partial charge < -0.3 is 9.64 Å². The highest BCUT2D eigenvalue weighted by atomic mass is 35.5. The van der Waals surface area contributed by atoms with Crippen LogP contribution in [0.15, 0.2) is 42.5 Å². The van der Waals surface area contributed by atoms with E-state index in [0.29, 0.717) is 23.0 Å². The number of nitrogens with zero attached hydrogens (tertiary/aromatic N) is 2. The molecule has 0 fully saturated rings. The summed E-state index contributed by atoms with van der Waals surface area (Å²) >= 11 is 12.8. The molecule has 0 spiro atoms. The predicted molar refractivity (Wildman–Crippen MR) is 112 cm³/mol. The molecule has 1 aliphatic heterocycles. The number of rotatable bonds is 5. The zero-order valence-electron chi connectivity index (χ0n) is 15.9. The normalized spacial score (nSPS) is 19.3. The fourth-order valence-electron chi connectivity index (χ4n) is 3.44. The second-order valence-electron chi connectivity index (χ2n) is 7.27. The topological polar surface area (TPSA) is 53.3 Å². The van der Waals surface area contributed by atoms with Crippen LogP contribution < -0.4 is 4.90 Å². The van der Waals surface area contributed by atoms with Crippen LogP contribution in [0.2, 0.25) is 10.0 Å².